The molecule has 0 spiro atoms. The van der Waals surface area contributed by atoms with Crippen LogP contribution in [0.5, 0.6) is 0 Å². The Labute approximate surface area is 165 Å². The molecule has 2 aromatic heterocycles. The van der Waals surface area contributed by atoms with Gasteiger partial charge >= 0.3 is 5.97 Å². The number of carboxylic acids is 1. The van der Waals surface area contributed by atoms with E-state index in [1.54, 1.807) is 4.57 Å². The monoisotopic (exact) mass is 394 g/mol. The highest BCUT2D eigenvalue weighted by Crippen LogP contribution is 2.22. The van der Waals surface area contributed by atoms with E-state index in [0.717, 1.165) is 17.9 Å². The van der Waals surface area contributed by atoms with Crippen molar-refractivity contribution in [1.82, 2.24) is 19.7 Å². The molecule has 3 N–H and O–H groups in total. The van der Waals surface area contributed by atoms with Crippen LogP contribution < -0.4 is 0 Å². The van der Waals surface area contributed by atoms with E-state index in [2.05, 4.69) is 15.2 Å². The van der Waals surface area contributed by atoms with Gasteiger partial charge in [0.15, 0.2) is 11.5 Å². The average molecular weight is 394 g/mol. The number of rotatable bonds is 8. The van der Waals surface area contributed by atoms with Crippen LogP contribution in [0.1, 0.15) is 27.4 Å². The molecular weight excluding hydrogens is 376 g/mol. The largest absolute Gasteiger partial charge is 0.504 e. The third-order valence-electron chi connectivity index (χ3n) is 4.03. The van der Waals surface area contributed by atoms with Gasteiger partial charge in [0.05, 0.1) is 19.1 Å². The first kappa shape index (κ1) is 19.6. The SMILES string of the molecule is COC=C(C(=O)O)c1cc(C(=O)C=C(O)c2nc[nH]n2)cn1Cc1ccccc1. The highest BCUT2D eigenvalue weighted by molar-refractivity contribution is 6.15. The number of aliphatic hydroxyl groups is 1. The normalized spacial score (nSPS) is 12.0. The number of benzene rings is 1. The Hall–Kier alpha value is -4.14. The van der Waals surface area contributed by atoms with Crippen LogP contribution in [0, 0.1) is 0 Å². The van der Waals surface area contributed by atoms with Gasteiger partial charge in [0.1, 0.15) is 11.9 Å². The van der Waals surface area contributed by atoms with E-state index in [0.29, 0.717) is 6.54 Å². The summed E-state index contributed by atoms with van der Waals surface area (Å²) in [5.41, 5.74) is 1.30. The molecule has 0 radical (unpaired) electrons. The topological polar surface area (TPSA) is 130 Å². The van der Waals surface area contributed by atoms with Gasteiger partial charge in [-0.2, -0.15) is 5.10 Å². The van der Waals surface area contributed by atoms with Crippen molar-refractivity contribution < 1.29 is 24.5 Å². The van der Waals surface area contributed by atoms with Crippen molar-refractivity contribution in [2.45, 2.75) is 6.54 Å². The second-order valence-electron chi connectivity index (χ2n) is 6.02. The van der Waals surface area contributed by atoms with Crippen LogP contribution in [0.25, 0.3) is 11.3 Å². The van der Waals surface area contributed by atoms with Crippen molar-refractivity contribution in [2.24, 2.45) is 0 Å². The fraction of sp³-hybridized carbons (Fsp3) is 0.100. The first-order valence-corrected chi connectivity index (χ1v) is 8.51. The van der Waals surface area contributed by atoms with Gasteiger partial charge in [0, 0.05) is 24.4 Å². The molecule has 3 rings (SSSR count). The molecule has 0 aliphatic carbocycles. The fourth-order valence-corrected chi connectivity index (χ4v) is 2.73. The Bertz CT molecular complexity index is 1070. The average Bonchev–Trinajstić information content (AvgIpc) is 3.37. The molecule has 2 heterocycles. The number of aromatic nitrogens is 4. The van der Waals surface area contributed by atoms with Crippen molar-refractivity contribution in [1.29, 1.82) is 0 Å². The quantitative estimate of drug-likeness (QED) is 0.304. The molecule has 0 atom stereocenters. The van der Waals surface area contributed by atoms with E-state index in [9.17, 15) is 19.8 Å². The minimum absolute atomic E-state index is 0.0206. The number of carbonyl (C=O) groups excluding carboxylic acids is 1. The Morgan fingerprint density at radius 2 is 2.00 bits per heavy atom. The third kappa shape index (κ3) is 4.59. The van der Waals surface area contributed by atoms with Crippen molar-refractivity contribution in [3.05, 3.63) is 83.9 Å². The summed E-state index contributed by atoms with van der Waals surface area (Å²) in [6, 6.07) is 10.8. The minimum atomic E-state index is -1.20. The highest BCUT2D eigenvalue weighted by Gasteiger charge is 2.20. The molecule has 0 saturated heterocycles. The molecular formula is C20H18N4O5. The van der Waals surface area contributed by atoms with Crippen molar-refractivity contribution in [2.75, 3.05) is 7.11 Å². The fourth-order valence-electron chi connectivity index (χ4n) is 2.73. The summed E-state index contributed by atoms with van der Waals surface area (Å²) in [5, 5.41) is 25.7. The molecule has 0 bridgehead atoms. The maximum atomic E-state index is 12.6. The van der Waals surface area contributed by atoms with Gasteiger partial charge in [-0.3, -0.25) is 9.89 Å². The summed E-state index contributed by atoms with van der Waals surface area (Å²) >= 11 is 0. The van der Waals surface area contributed by atoms with E-state index in [-0.39, 0.29) is 22.7 Å². The van der Waals surface area contributed by atoms with Gasteiger partial charge < -0.3 is 19.5 Å². The molecule has 0 fully saturated rings. The number of ketones is 1. The molecule has 148 valence electrons. The third-order valence-corrected chi connectivity index (χ3v) is 4.03. The van der Waals surface area contributed by atoms with Crippen LogP contribution in [-0.2, 0) is 16.1 Å². The summed E-state index contributed by atoms with van der Waals surface area (Å²) in [7, 11) is 1.34. The molecule has 0 aliphatic rings. The number of allylic oxidation sites excluding steroid dienone is 1. The molecule has 9 nitrogen and oxygen atoms in total. The molecule has 1 aromatic carbocycles. The van der Waals surface area contributed by atoms with Gasteiger partial charge in [-0.1, -0.05) is 30.3 Å². The Morgan fingerprint density at radius 1 is 1.24 bits per heavy atom. The lowest BCUT2D eigenvalue weighted by atomic mass is 10.1. The summed E-state index contributed by atoms with van der Waals surface area (Å²) in [4.78, 5) is 28.1. The maximum absolute atomic E-state index is 12.6. The maximum Gasteiger partial charge on any atom is 0.340 e. The lowest BCUT2D eigenvalue weighted by Crippen LogP contribution is -2.08. The number of hydrogen-bond donors (Lipinski definition) is 3. The Balaban J connectivity index is 2.01. The van der Waals surface area contributed by atoms with Crippen LogP contribution in [-0.4, -0.2) is 48.8 Å². The second-order valence-corrected chi connectivity index (χ2v) is 6.02. The van der Waals surface area contributed by atoms with Gasteiger partial charge in [-0.15, -0.1) is 0 Å². The number of hydrogen-bond acceptors (Lipinski definition) is 6. The number of H-pyrrole nitrogens is 1. The van der Waals surface area contributed by atoms with Crippen molar-refractivity contribution in [3.8, 4) is 0 Å². The number of methoxy groups -OCH3 is 1. The van der Waals surface area contributed by atoms with Gasteiger partial charge in [0.25, 0.3) is 0 Å². The summed E-state index contributed by atoms with van der Waals surface area (Å²) in [5.74, 6) is -2.15. The molecule has 9 heteroatoms. The van der Waals surface area contributed by atoms with Gasteiger partial charge in [-0.25, -0.2) is 9.78 Å². The van der Waals surface area contributed by atoms with Gasteiger partial charge in [0.2, 0.25) is 5.82 Å². The number of nitrogens with zero attached hydrogens (tertiary/aromatic N) is 3. The zero-order chi connectivity index (χ0) is 20.8. The lowest BCUT2D eigenvalue weighted by molar-refractivity contribution is -0.130. The number of carboxylic acid groups (broad SMARTS) is 1. The predicted octanol–water partition coefficient (Wildman–Crippen LogP) is 2.51. The van der Waals surface area contributed by atoms with Crippen LogP contribution in [0.3, 0.4) is 0 Å². The van der Waals surface area contributed by atoms with Crippen LogP contribution in [0.15, 0.2) is 61.3 Å². The molecule has 0 amide bonds. The minimum Gasteiger partial charge on any atom is -0.504 e. The molecule has 3 aromatic rings. The summed E-state index contributed by atoms with van der Waals surface area (Å²) in [6.45, 7) is 0.342. The first-order chi connectivity index (χ1) is 14.0. The van der Waals surface area contributed by atoms with E-state index >= 15 is 0 Å². The molecule has 29 heavy (non-hydrogen) atoms. The van der Waals surface area contributed by atoms with Crippen LogP contribution in [0.4, 0.5) is 0 Å². The summed E-state index contributed by atoms with van der Waals surface area (Å²) < 4.78 is 6.53. The van der Waals surface area contributed by atoms with Crippen LogP contribution >= 0.6 is 0 Å². The lowest BCUT2D eigenvalue weighted by Gasteiger charge is -2.09. The number of carbonyl (C=O) groups is 2. The molecule has 0 saturated carbocycles. The zero-order valence-corrected chi connectivity index (χ0v) is 15.4. The Kier molecular flexibility index (Phi) is 5.88. The number of aliphatic carboxylic acids is 1. The predicted molar refractivity (Wildman–Crippen MR) is 104 cm³/mol. The van der Waals surface area contributed by atoms with E-state index < -0.39 is 17.5 Å². The first-order valence-electron chi connectivity index (χ1n) is 8.51. The number of ether oxygens (including phenoxy) is 1. The van der Waals surface area contributed by atoms with E-state index in [1.165, 1.54) is 25.7 Å². The second kappa shape index (κ2) is 8.70. The van der Waals surface area contributed by atoms with Gasteiger partial charge in [-0.05, 0) is 11.6 Å². The van der Waals surface area contributed by atoms with Crippen molar-refractivity contribution >= 4 is 23.1 Å². The number of nitrogens with one attached hydrogen (secondary N) is 1. The molecule has 0 aliphatic heterocycles. The highest BCUT2D eigenvalue weighted by atomic mass is 16.5. The Morgan fingerprint density at radius 3 is 2.62 bits per heavy atom. The summed E-state index contributed by atoms with van der Waals surface area (Å²) in [6.07, 6.45) is 4.88. The van der Waals surface area contributed by atoms with Crippen LogP contribution in [0.2, 0.25) is 0 Å². The van der Waals surface area contributed by atoms with E-state index in [1.807, 2.05) is 30.3 Å². The molecule has 0 unspecified atom stereocenters. The standard InChI is InChI=1S/C20H18N4O5/c1-29-11-15(20(27)28)16-7-14(10-24(16)9-13-5-3-2-4-6-13)17(25)8-18(26)19-21-12-22-23-19/h2-8,10-12,26H,9H2,1H3,(H,27,28)(H,21,22,23). The zero-order valence-electron chi connectivity index (χ0n) is 15.4. The smallest absolute Gasteiger partial charge is 0.340 e. The van der Waals surface area contributed by atoms with Crippen molar-refractivity contribution in [3.63, 3.8) is 0 Å². The number of aliphatic hydroxyl groups excluding tert-OH is 1. The van der Waals surface area contributed by atoms with E-state index in [4.69, 9.17) is 4.74 Å². The number of aromatic amines is 1.